The van der Waals surface area contributed by atoms with Gasteiger partial charge in [-0.2, -0.15) is 13.2 Å². The maximum atomic E-state index is 12.7. The Labute approximate surface area is 137 Å². The van der Waals surface area contributed by atoms with Gasteiger partial charge in [-0.15, -0.1) is 0 Å². The first-order valence-corrected chi connectivity index (χ1v) is 7.55. The van der Waals surface area contributed by atoms with Crippen molar-refractivity contribution < 1.29 is 13.2 Å². The number of nitrogens with zero attached hydrogens (tertiary/aromatic N) is 2. The maximum absolute atomic E-state index is 12.7. The third kappa shape index (κ3) is 3.50. The molecule has 1 aromatic heterocycles. The van der Waals surface area contributed by atoms with Crippen LogP contribution in [0, 0.1) is 0 Å². The zero-order valence-corrected chi connectivity index (χ0v) is 12.9. The van der Waals surface area contributed by atoms with Crippen LogP contribution in [0.25, 0.3) is 5.57 Å². The van der Waals surface area contributed by atoms with E-state index in [1.165, 1.54) is 11.1 Å². The molecule has 3 rings (SSSR count). The van der Waals surface area contributed by atoms with Crippen LogP contribution >= 0.6 is 11.6 Å². The molecule has 0 spiro atoms. The van der Waals surface area contributed by atoms with E-state index in [4.69, 9.17) is 11.6 Å². The quantitative estimate of drug-likeness (QED) is 0.762. The highest BCUT2D eigenvalue weighted by molar-refractivity contribution is 6.33. The van der Waals surface area contributed by atoms with Crippen molar-refractivity contribution in [3.63, 3.8) is 0 Å². The van der Waals surface area contributed by atoms with Crippen LogP contribution < -0.4 is 4.90 Å². The Morgan fingerprint density at radius 1 is 1.13 bits per heavy atom. The first kappa shape index (κ1) is 15.9. The van der Waals surface area contributed by atoms with Crippen molar-refractivity contribution in [2.24, 2.45) is 0 Å². The van der Waals surface area contributed by atoms with E-state index in [2.05, 4.69) is 11.1 Å². The SMILES string of the molecule is FC(F)(F)c1cnc(N2CC=C(c3ccccc3)CC2)c(Cl)c1. The summed E-state index contributed by atoms with van der Waals surface area (Å²) in [5, 5.41) is 0.0244. The van der Waals surface area contributed by atoms with E-state index in [0.717, 1.165) is 18.7 Å². The standard InChI is InChI=1S/C17H14ClF3N2/c18-15-10-14(17(19,20)21)11-22-16(15)23-8-6-13(7-9-23)12-4-2-1-3-5-12/h1-6,10-11H,7-9H2. The molecule has 0 N–H and O–H groups in total. The summed E-state index contributed by atoms with van der Waals surface area (Å²) in [5.41, 5.74) is 1.56. The molecule has 1 aromatic carbocycles. The van der Waals surface area contributed by atoms with Crippen LogP contribution in [-0.2, 0) is 6.18 Å². The van der Waals surface area contributed by atoms with Crippen LogP contribution in [-0.4, -0.2) is 18.1 Å². The molecule has 2 nitrogen and oxygen atoms in total. The van der Waals surface area contributed by atoms with Crippen LogP contribution in [0.3, 0.4) is 0 Å². The van der Waals surface area contributed by atoms with Gasteiger partial charge in [0.1, 0.15) is 5.82 Å². The first-order chi connectivity index (χ1) is 10.9. The van der Waals surface area contributed by atoms with Crippen molar-refractivity contribution in [2.75, 3.05) is 18.0 Å². The Morgan fingerprint density at radius 3 is 2.43 bits per heavy atom. The van der Waals surface area contributed by atoms with Gasteiger partial charge >= 0.3 is 6.18 Å². The number of pyridine rings is 1. The second kappa shape index (κ2) is 6.24. The zero-order chi connectivity index (χ0) is 16.4. The molecule has 23 heavy (non-hydrogen) atoms. The van der Waals surface area contributed by atoms with Gasteiger partial charge in [-0.3, -0.25) is 0 Å². The summed E-state index contributed by atoms with van der Waals surface area (Å²) in [6.07, 6.45) is -0.743. The molecule has 2 heterocycles. The molecule has 0 fully saturated rings. The lowest BCUT2D eigenvalue weighted by Crippen LogP contribution is -2.29. The van der Waals surface area contributed by atoms with Gasteiger partial charge < -0.3 is 4.90 Å². The maximum Gasteiger partial charge on any atom is 0.417 e. The third-order valence-electron chi connectivity index (χ3n) is 3.80. The molecule has 0 aliphatic carbocycles. The minimum atomic E-state index is -4.43. The minimum Gasteiger partial charge on any atom is -0.351 e. The monoisotopic (exact) mass is 338 g/mol. The van der Waals surface area contributed by atoms with E-state index >= 15 is 0 Å². The van der Waals surface area contributed by atoms with E-state index < -0.39 is 11.7 Å². The number of aromatic nitrogens is 1. The largest absolute Gasteiger partial charge is 0.417 e. The molecule has 0 unspecified atom stereocenters. The second-order valence-electron chi connectivity index (χ2n) is 5.32. The highest BCUT2D eigenvalue weighted by Crippen LogP contribution is 2.34. The van der Waals surface area contributed by atoms with Gasteiger partial charge in [-0.25, -0.2) is 4.98 Å². The lowest BCUT2D eigenvalue weighted by molar-refractivity contribution is -0.137. The number of halogens is 4. The molecule has 0 amide bonds. The Kier molecular flexibility index (Phi) is 4.31. The van der Waals surface area contributed by atoms with Gasteiger partial charge in [0.2, 0.25) is 0 Å². The Hall–Kier alpha value is -2.01. The molecule has 2 aromatic rings. The summed E-state index contributed by atoms with van der Waals surface area (Å²) in [6.45, 7) is 1.24. The molecule has 0 saturated carbocycles. The highest BCUT2D eigenvalue weighted by atomic mass is 35.5. The number of benzene rings is 1. The summed E-state index contributed by atoms with van der Waals surface area (Å²) in [7, 11) is 0. The van der Waals surface area contributed by atoms with Crippen molar-refractivity contribution in [3.8, 4) is 0 Å². The fourth-order valence-electron chi connectivity index (χ4n) is 2.59. The average Bonchev–Trinajstić information content (AvgIpc) is 2.55. The number of alkyl halides is 3. The van der Waals surface area contributed by atoms with Crippen LogP contribution in [0.1, 0.15) is 17.5 Å². The van der Waals surface area contributed by atoms with Crippen molar-refractivity contribution in [3.05, 3.63) is 64.8 Å². The van der Waals surface area contributed by atoms with Crippen LogP contribution in [0.5, 0.6) is 0 Å². The molecule has 1 aliphatic heterocycles. The summed E-state index contributed by atoms with van der Waals surface area (Å²) >= 11 is 6.00. The normalized spacial score (nSPS) is 15.5. The molecule has 1 aliphatic rings. The fraction of sp³-hybridized carbons (Fsp3) is 0.235. The minimum absolute atomic E-state index is 0.0244. The van der Waals surface area contributed by atoms with E-state index in [0.29, 0.717) is 18.9 Å². The molecule has 120 valence electrons. The van der Waals surface area contributed by atoms with E-state index in [-0.39, 0.29) is 5.02 Å². The Bertz CT molecular complexity index is 726. The third-order valence-corrected chi connectivity index (χ3v) is 4.08. The molecule has 0 bridgehead atoms. The zero-order valence-electron chi connectivity index (χ0n) is 12.1. The van der Waals surface area contributed by atoms with Crippen LogP contribution in [0.15, 0.2) is 48.7 Å². The van der Waals surface area contributed by atoms with Crippen molar-refractivity contribution in [1.29, 1.82) is 0 Å². The second-order valence-corrected chi connectivity index (χ2v) is 5.73. The summed E-state index contributed by atoms with van der Waals surface area (Å²) in [4.78, 5) is 5.79. The number of hydrogen-bond acceptors (Lipinski definition) is 2. The molecule has 0 saturated heterocycles. The fourth-order valence-corrected chi connectivity index (χ4v) is 2.88. The summed E-state index contributed by atoms with van der Waals surface area (Å²) in [5.74, 6) is 0.392. The first-order valence-electron chi connectivity index (χ1n) is 7.17. The molecule has 0 atom stereocenters. The van der Waals surface area contributed by atoms with Crippen LogP contribution in [0.4, 0.5) is 19.0 Å². The van der Waals surface area contributed by atoms with Gasteiger partial charge in [0, 0.05) is 19.3 Å². The molecular weight excluding hydrogens is 325 g/mol. The van der Waals surface area contributed by atoms with E-state index in [1.807, 2.05) is 35.2 Å². The van der Waals surface area contributed by atoms with Gasteiger partial charge in [0.15, 0.2) is 0 Å². The van der Waals surface area contributed by atoms with Gasteiger partial charge in [0.25, 0.3) is 0 Å². The van der Waals surface area contributed by atoms with Gasteiger partial charge in [-0.05, 0) is 23.6 Å². The molecular formula is C17H14ClF3N2. The summed E-state index contributed by atoms with van der Waals surface area (Å²) < 4.78 is 38.0. The average molecular weight is 339 g/mol. The van der Waals surface area contributed by atoms with Gasteiger partial charge in [-0.1, -0.05) is 48.0 Å². The number of hydrogen-bond donors (Lipinski definition) is 0. The van der Waals surface area contributed by atoms with E-state index in [1.54, 1.807) is 0 Å². The van der Waals surface area contributed by atoms with Crippen molar-refractivity contribution in [2.45, 2.75) is 12.6 Å². The van der Waals surface area contributed by atoms with Crippen molar-refractivity contribution >= 4 is 23.0 Å². The Balaban J connectivity index is 1.79. The lowest BCUT2D eigenvalue weighted by atomic mass is 9.99. The highest BCUT2D eigenvalue weighted by Gasteiger charge is 2.32. The molecule has 6 heteroatoms. The Morgan fingerprint density at radius 2 is 1.87 bits per heavy atom. The number of anilines is 1. The molecule has 0 radical (unpaired) electrons. The smallest absolute Gasteiger partial charge is 0.351 e. The predicted molar refractivity (Wildman–Crippen MR) is 85.5 cm³/mol. The van der Waals surface area contributed by atoms with E-state index in [9.17, 15) is 13.2 Å². The van der Waals surface area contributed by atoms with Crippen molar-refractivity contribution in [1.82, 2.24) is 4.98 Å². The lowest BCUT2D eigenvalue weighted by Gasteiger charge is -2.28. The predicted octanol–water partition coefficient (Wildman–Crippen LogP) is 5.05. The summed E-state index contributed by atoms with van der Waals surface area (Å²) in [6, 6.07) is 11.0. The number of rotatable bonds is 2. The van der Waals surface area contributed by atoms with Gasteiger partial charge in [0.05, 0.1) is 10.6 Å². The van der Waals surface area contributed by atoms with Crippen LogP contribution in [0.2, 0.25) is 5.02 Å². The topological polar surface area (TPSA) is 16.1 Å².